The van der Waals surface area contributed by atoms with E-state index in [1.165, 1.54) is 6.07 Å². The number of hydrogen-bond donors (Lipinski definition) is 1. The van der Waals surface area contributed by atoms with Crippen molar-refractivity contribution in [3.05, 3.63) is 34.6 Å². The van der Waals surface area contributed by atoms with Crippen LogP contribution in [0.4, 0.5) is 4.39 Å². The SMILES string of the molecule is CC(C)(N)CCc1ccc(Cl)c(F)c1. The van der Waals surface area contributed by atoms with Gasteiger partial charge in [0.05, 0.1) is 5.02 Å². The molecular formula is C11H15ClFN. The fourth-order valence-electron chi connectivity index (χ4n) is 1.16. The van der Waals surface area contributed by atoms with Crippen LogP contribution in [0.1, 0.15) is 25.8 Å². The summed E-state index contributed by atoms with van der Waals surface area (Å²) in [5, 5.41) is 0.167. The highest BCUT2D eigenvalue weighted by atomic mass is 35.5. The summed E-state index contributed by atoms with van der Waals surface area (Å²) in [6.07, 6.45) is 1.60. The van der Waals surface area contributed by atoms with Crippen LogP contribution in [0.15, 0.2) is 18.2 Å². The summed E-state index contributed by atoms with van der Waals surface area (Å²) in [5.74, 6) is -0.362. The highest BCUT2D eigenvalue weighted by Crippen LogP contribution is 2.18. The fourth-order valence-corrected chi connectivity index (χ4v) is 1.28. The summed E-state index contributed by atoms with van der Waals surface area (Å²) in [7, 11) is 0. The lowest BCUT2D eigenvalue weighted by Crippen LogP contribution is -2.32. The molecule has 0 heterocycles. The Balaban J connectivity index is 2.65. The van der Waals surface area contributed by atoms with E-state index in [1.807, 2.05) is 19.9 Å². The normalized spacial score (nSPS) is 11.8. The maximum absolute atomic E-state index is 13.0. The Morgan fingerprint density at radius 1 is 1.43 bits per heavy atom. The molecule has 0 spiro atoms. The van der Waals surface area contributed by atoms with E-state index in [4.69, 9.17) is 17.3 Å². The van der Waals surface area contributed by atoms with Gasteiger partial charge in [-0.2, -0.15) is 0 Å². The van der Waals surface area contributed by atoms with Crippen LogP contribution in [0.25, 0.3) is 0 Å². The Bertz CT molecular complexity index is 318. The molecule has 78 valence electrons. The first-order valence-electron chi connectivity index (χ1n) is 4.61. The Morgan fingerprint density at radius 3 is 2.57 bits per heavy atom. The van der Waals surface area contributed by atoms with Crippen molar-refractivity contribution in [1.82, 2.24) is 0 Å². The number of benzene rings is 1. The van der Waals surface area contributed by atoms with Crippen molar-refractivity contribution in [1.29, 1.82) is 0 Å². The summed E-state index contributed by atoms with van der Waals surface area (Å²) < 4.78 is 13.0. The van der Waals surface area contributed by atoms with Crippen molar-refractivity contribution >= 4 is 11.6 Å². The Labute approximate surface area is 89.1 Å². The van der Waals surface area contributed by atoms with Gasteiger partial charge >= 0.3 is 0 Å². The first-order chi connectivity index (χ1) is 6.38. The van der Waals surface area contributed by atoms with Gasteiger partial charge < -0.3 is 5.73 Å². The molecule has 2 N–H and O–H groups in total. The van der Waals surface area contributed by atoms with Crippen molar-refractivity contribution in [2.75, 3.05) is 0 Å². The number of hydrogen-bond acceptors (Lipinski definition) is 1. The molecule has 0 aliphatic carbocycles. The molecule has 0 radical (unpaired) electrons. The van der Waals surface area contributed by atoms with Crippen LogP contribution in [0.2, 0.25) is 5.02 Å². The smallest absolute Gasteiger partial charge is 0.142 e. The zero-order valence-corrected chi connectivity index (χ0v) is 9.24. The van der Waals surface area contributed by atoms with Gasteiger partial charge in [0.25, 0.3) is 0 Å². The zero-order chi connectivity index (χ0) is 10.8. The zero-order valence-electron chi connectivity index (χ0n) is 8.48. The van der Waals surface area contributed by atoms with Gasteiger partial charge in [-0.15, -0.1) is 0 Å². The monoisotopic (exact) mass is 215 g/mol. The van der Waals surface area contributed by atoms with Crippen molar-refractivity contribution in [2.45, 2.75) is 32.2 Å². The van der Waals surface area contributed by atoms with Gasteiger partial charge in [0, 0.05) is 5.54 Å². The van der Waals surface area contributed by atoms with Gasteiger partial charge in [-0.25, -0.2) is 4.39 Å². The number of aryl methyl sites for hydroxylation is 1. The van der Waals surface area contributed by atoms with E-state index in [2.05, 4.69) is 0 Å². The lowest BCUT2D eigenvalue weighted by molar-refractivity contribution is 0.476. The van der Waals surface area contributed by atoms with Gasteiger partial charge in [0.1, 0.15) is 5.82 Å². The van der Waals surface area contributed by atoms with Crippen LogP contribution in [-0.4, -0.2) is 5.54 Å². The standard InChI is InChI=1S/C11H15ClFN/c1-11(2,14)6-5-8-3-4-9(12)10(13)7-8/h3-4,7H,5-6,14H2,1-2H3. The van der Waals surface area contributed by atoms with E-state index in [0.717, 1.165) is 18.4 Å². The number of halogens is 2. The van der Waals surface area contributed by atoms with Crippen LogP contribution in [-0.2, 0) is 6.42 Å². The first-order valence-corrected chi connectivity index (χ1v) is 4.99. The van der Waals surface area contributed by atoms with E-state index in [-0.39, 0.29) is 16.4 Å². The molecule has 0 amide bonds. The third-order valence-corrected chi connectivity index (χ3v) is 2.35. The molecule has 0 aromatic heterocycles. The lowest BCUT2D eigenvalue weighted by Gasteiger charge is -2.17. The van der Waals surface area contributed by atoms with Crippen LogP contribution in [0.3, 0.4) is 0 Å². The quantitative estimate of drug-likeness (QED) is 0.824. The van der Waals surface area contributed by atoms with Gasteiger partial charge in [0.15, 0.2) is 0 Å². The molecule has 0 saturated carbocycles. The molecule has 0 saturated heterocycles. The third kappa shape index (κ3) is 3.64. The fraction of sp³-hybridized carbons (Fsp3) is 0.455. The highest BCUT2D eigenvalue weighted by molar-refractivity contribution is 6.30. The largest absolute Gasteiger partial charge is 0.326 e. The molecule has 0 aliphatic rings. The van der Waals surface area contributed by atoms with Crippen LogP contribution < -0.4 is 5.73 Å². The average Bonchev–Trinajstić information content (AvgIpc) is 2.06. The average molecular weight is 216 g/mol. The second kappa shape index (κ2) is 4.28. The topological polar surface area (TPSA) is 26.0 Å². The van der Waals surface area contributed by atoms with E-state index >= 15 is 0 Å². The molecule has 0 unspecified atom stereocenters. The van der Waals surface area contributed by atoms with Crippen molar-refractivity contribution in [2.24, 2.45) is 5.73 Å². The summed E-state index contributed by atoms with van der Waals surface area (Å²) in [6.45, 7) is 3.92. The van der Waals surface area contributed by atoms with Gasteiger partial charge in [-0.3, -0.25) is 0 Å². The maximum Gasteiger partial charge on any atom is 0.142 e. The highest BCUT2D eigenvalue weighted by Gasteiger charge is 2.10. The predicted octanol–water partition coefficient (Wildman–Crippen LogP) is 3.15. The summed E-state index contributed by atoms with van der Waals surface area (Å²) in [5.41, 5.74) is 6.55. The third-order valence-electron chi connectivity index (χ3n) is 2.04. The van der Waals surface area contributed by atoms with E-state index < -0.39 is 0 Å². The van der Waals surface area contributed by atoms with Crippen LogP contribution in [0.5, 0.6) is 0 Å². The Hall–Kier alpha value is -0.600. The second-order valence-corrected chi connectivity index (χ2v) is 4.64. The molecule has 0 atom stereocenters. The predicted molar refractivity (Wildman–Crippen MR) is 58.0 cm³/mol. The minimum atomic E-state index is -0.362. The molecule has 0 fully saturated rings. The molecule has 0 bridgehead atoms. The summed E-state index contributed by atoms with van der Waals surface area (Å²) >= 11 is 5.57. The molecule has 1 aromatic carbocycles. The lowest BCUT2D eigenvalue weighted by atomic mass is 9.97. The van der Waals surface area contributed by atoms with Gasteiger partial charge in [0.2, 0.25) is 0 Å². The van der Waals surface area contributed by atoms with Gasteiger partial charge in [-0.05, 0) is 44.4 Å². The second-order valence-electron chi connectivity index (χ2n) is 4.24. The minimum Gasteiger partial charge on any atom is -0.326 e. The molecular weight excluding hydrogens is 201 g/mol. The van der Waals surface area contributed by atoms with Crippen molar-refractivity contribution in [3.8, 4) is 0 Å². The van der Waals surface area contributed by atoms with E-state index in [9.17, 15) is 4.39 Å². The number of rotatable bonds is 3. The Morgan fingerprint density at radius 2 is 2.07 bits per heavy atom. The van der Waals surface area contributed by atoms with E-state index in [1.54, 1.807) is 6.07 Å². The number of nitrogens with two attached hydrogens (primary N) is 1. The summed E-state index contributed by atoms with van der Waals surface area (Å²) in [6, 6.07) is 4.88. The maximum atomic E-state index is 13.0. The molecule has 14 heavy (non-hydrogen) atoms. The van der Waals surface area contributed by atoms with Crippen molar-refractivity contribution in [3.63, 3.8) is 0 Å². The van der Waals surface area contributed by atoms with E-state index in [0.29, 0.717) is 0 Å². The summed E-state index contributed by atoms with van der Waals surface area (Å²) in [4.78, 5) is 0. The first kappa shape index (κ1) is 11.5. The molecule has 1 rings (SSSR count). The molecule has 1 aromatic rings. The molecule has 1 nitrogen and oxygen atoms in total. The Kier molecular flexibility index (Phi) is 3.51. The van der Waals surface area contributed by atoms with Crippen LogP contribution >= 0.6 is 11.6 Å². The molecule has 3 heteroatoms. The van der Waals surface area contributed by atoms with Crippen LogP contribution in [0, 0.1) is 5.82 Å². The minimum absolute atomic E-state index is 0.167. The van der Waals surface area contributed by atoms with Gasteiger partial charge in [-0.1, -0.05) is 17.7 Å². The molecule has 0 aliphatic heterocycles. The van der Waals surface area contributed by atoms with Crippen molar-refractivity contribution < 1.29 is 4.39 Å².